The smallest absolute Gasteiger partial charge is 0.352 e. The van der Waals surface area contributed by atoms with Crippen LogP contribution in [0.5, 0.6) is 0 Å². The molecule has 1 saturated heterocycles. The Morgan fingerprint density at radius 2 is 1.62 bits per heavy atom. The molecule has 2 aliphatic carbocycles. The van der Waals surface area contributed by atoms with Crippen LogP contribution in [-0.4, -0.2) is 50.8 Å². The number of rotatable bonds is 6. The first kappa shape index (κ1) is 33.1. The number of hydrogen-bond acceptors (Lipinski definition) is 4. The molecule has 246 valence electrons. The fourth-order valence-corrected chi connectivity index (χ4v) is 9.74. The Balaban J connectivity index is 1.59. The van der Waals surface area contributed by atoms with E-state index in [1.165, 1.54) is 0 Å². The van der Waals surface area contributed by atoms with Gasteiger partial charge in [-0.1, -0.05) is 18.2 Å². The van der Waals surface area contributed by atoms with Crippen molar-refractivity contribution in [2.45, 2.75) is 84.9 Å². The zero-order valence-corrected chi connectivity index (χ0v) is 24.2. The molecule has 1 heterocycles. The van der Waals surface area contributed by atoms with E-state index in [4.69, 9.17) is 0 Å². The van der Waals surface area contributed by atoms with E-state index in [1.807, 2.05) is 0 Å². The van der Waals surface area contributed by atoms with Crippen LogP contribution in [0.2, 0.25) is 0 Å². The molecule has 3 aliphatic rings. The van der Waals surface area contributed by atoms with Crippen LogP contribution in [0.3, 0.4) is 0 Å². The third-order valence-electron chi connectivity index (χ3n) is 9.41. The number of aryl methyl sites for hydroxylation is 1. The Labute approximate surface area is 251 Å². The summed E-state index contributed by atoms with van der Waals surface area (Å²) in [4.78, 5) is 24.0. The summed E-state index contributed by atoms with van der Waals surface area (Å²) in [5.41, 5.74) is -7.79. The third-order valence-corrected chi connectivity index (χ3v) is 12.0. The molecule has 1 unspecified atom stereocenters. The number of alkyl halides is 8. The van der Waals surface area contributed by atoms with E-state index in [-0.39, 0.29) is 41.7 Å². The molecule has 1 aliphatic heterocycles. The van der Waals surface area contributed by atoms with Crippen LogP contribution in [-0.2, 0) is 36.3 Å². The molecule has 2 amide bonds. The topological polar surface area (TPSA) is 92.3 Å². The average molecular weight is 671 g/mol. The Morgan fingerprint density at radius 1 is 1.00 bits per heavy atom. The van der Waals surface area contributed by atoms with Crippen molar-refractivity contribution in [1.82, 2.24) is 10.6 Å². The monoisotopic (exact) mass is 670 g/mol. The van der Waals surface area contributed by atoms with Crippen LogP contribution in [0.4, 0.5) is 39.5 Å². The fourth-order valence-electron chi connectivity index (χ4n) is 7.26. The maximum absolute atomic E-state index is 15.0. The molecule has 0 aromatic heterocycles. The van der Waals surface area contributed by atoms with Gasteiger partial charge in [0.05, 0.1) is 4.90 Å². The molecule has 6 nitrogen and oxygen atoms in total. The number of hydrogen-bond donors (Lipinski definition) is 2. The van der Waals surface area contributed by atoms with Crippen molar-refractivity contribution in [3.05, 3.63) is 65.0 Å². The van der Waals surface area contributed by atoms with Gasteiger partial charge in [0.2, 0.25) is 5.91 Å². The second kappa shape index (κ2) is 10.9. The van der Waals surface area contributed by atoms with Crippen LogP contribution in [0.25, 0.3) is 0 Å². The van der Waals surface area contributed by atoms with Crippen LogP contribution in [0.15, 0.2) is 47.4 Å². The van der Waals surface area contributed by atoms with Crippen LogP contribution in [0, 0.1) is 17.7 Å². The number of amides is 2. The number of sulfone groups is 1. The van der Waals surface area contributed by atoms with E-state index < -0.39 is 92.3 Å². The van der Waals surface area contributed by atoms with Crippen molar-refractivity contribution in [3.8, 4) is 0 Å². The second-order valence-electron chi connectivity index (χ2n) is 11.8. The summed E-state index contributed by atoms with van der Waals surface area (Å²) in [7, 11) is -4.54. The fraction of sp³-hybridized carbons (Fsp3) is 0.517. The van der Waals surface area contributed by atoms with Crippen molar-refractivity contribution < 1.29 is 57.5 Å². The van der Waals surface area contributed by atoms with E-state index >= 15 is 0 Å². The number of carbonyl (C=O) groups is 2. The van der Waals surface area contributed by atoms with E-state index in [9.17, 15) is 57.5 Å². The molecule has 6 atom stereocenters. The number of nitrogens with one attached hydrogen (secondary N) is 2. The van der Waals surface area contributed by atoms with E-state index in [2.05, 4.69) is 10.6 Å². The quantitative estimate of drug-likeness (QED) is 0.315. The standard InChI is InChI=1S/C29H27F9N2O4S/c1-14(39-25(42)23-13-22(31)24(41)40-23)19-10-11-26(45(43,44)18-6-4-17(30)5-7-18)20-9-3-16(12-15(20)2-8-21(19)26)27(32,28(33,34)35)29(36,37)38/h3-7,9,12,14,19,21-23H,2,8,10-11,13H2,1H3,(H,39,42)(H,40,41)/t14?,19-,21-,22+,23-,26+/m0/s1. The molecule has 2 aromatic rings. The van der Waals surface area contributed by atoms with Gasteiger partial charge < -0.3 is 10.6 Å². The summed E-state index contributed by atoms with van der Waals surface area (Å²) in [6, 6.07) is 3.31. The molecule has 0 radical (unpaired) electrons. The minimum atomic E-state index is -6.37. The number of halogens is 9. The SMILES string of the molecule is CC(NC(=O)[C@@H]1C[C@@H](F)C(=O)N1)[C@@H]1CC[C@@]2(S(=O)(=O)c3ccc(F)cc3)c3ccc(C(F)(C(F)(F)F)C(F)(F)F)cc3CC[C@@H]12. The first-order valence-electron chi connectivity index (χ1n) is 14.0. The predicted molar refractivity (Wildman–Crippen MR) is 140 cm³/mol. The van der Waals surface area contributed by atoms with Crippen molar-refractivity contribution in [3.63, 3.8) is 0 Å². The maximum atomic E-state index is 15.0. The molecule has 16 heteroatoms. The first-order valence-corrected chi connectivity index (χ1v) is 15.4. The van der Waals surface area contributed by atoms with Crippen LogP contribution < -0.4 is 10.6 Å². The Hall–Kier alpha value is -3.30. The van der Waals surface area contributed by atoms with Gasteiger partial charge in [0.25, 0.3) is 5.91 Å². The van der Waals surface area contributed by atoms with Gasteiger partial charge in [0.1, 0.15) is 16.6 Å². The van der Waals surface area contributed by atoms with Crippen molar-refractivity contribution in [2.75, 3.05) is 0 Å². The Bertz CT molecular complexity index is 1600. The minimum Gasteiger partial charge on any atom is -0.352 e. The Kier molecular flexibility index (Phi) is 8.01. The highest BCUT2D eigenvalue weighted by Gasteiger charge is 2.74. The van der Waals surface area contributed by atoms with Crippen molar-refractivity contribution in [1.29, 1.82) is 0 Å². The van der Waals surface area contributed by atoms with Gasteiger partial charge in [0.15, 0.2) is 16.0 Å². The molecule has 5 rings (SSSR count). The average Bonchev–Trinajstić information content (AvgIpc) is 3.52. The first-order chi connectivity index (χ1) is 20.8. The van der Waals surface area contributed by atoms with Gasteiger partial charge in [-0.15, -0.1) is 0 Å². The van der Waals surface area contributed by atoms with Gasteiger partial charge in [-0.05, 0) is 79.8 Å². The summed E-state index contributed by atoms with van der Waals surface area (Å²) < 4.78 is 151. The lowest BCUT2D eigenvalue weighted by molar-refractivity contribution is -0.348. The predicted octanol–water partition coefficient (Wildman–Crippen LogP) is 5.49. The lowest BCUT2D eigenvalue weighted by Crippen LogP contribution is -2.51. The molecule has 2 fully saturated rings. The summed E-state index contributed by atoms with van der Waals surface area (Å²) in [5.74, 6) is -3.89. The highest BCUT2D eigenvalue weighted by Crippen LogP contribution is 2.61. The Morgan fingerprint density at radius 3 is 2.18 bits per heavy atom. The van der Waals surface area contributed by atoms with Crippen LogP contribution >= 0.6 is 0 Å². The minimum absolute atomic E-state index is 0.0776. The highest BCUT2D eigenvalue weighted by molar-refractivity contribution is 7.92. The van der Waals surface area contributed by atoms with Gasteiger partial charge in [-0.3, -0.25) is 9.59 Å². The van der Waals surface area contributed by atoms with Crippen molar-refractivity contribution in [2.24, 2.45) is 11.8 Å². The van der Waals surface area contributed by atoms with Gasteiger partial charge >= 0.3 is 18.0 Å². The summed E-state index contributed by atoms with van der Waals surface area (Å²) in [6.45, 7) is 1.57. The second-order valence-corrected chi connectivity index (χ2v) is 14.0. The maximum Gasteiger partial charge on any atom is 0.435 e. The lowest BCUT2D eigenvalue weighted by Gasteiger charge is -2.44. The molecule has 45 heavy (non-hydrogen) atoms. The number of fused-ring (bicyclic) bond motifs is 3. The largest absolute Gasteiger partial charge is 0.435 e. The summed E-state index contributed by atoms with van der Waals surface area (Å²) >= 11 is 0. The zero-order valence-electron chi connectivity index (χ0n) is 23.4. The van der Waals surface area contributed by atoms with Crippen molar-refractivity contribution >= 4 is 21.7 Å². The molecule has 1 saturated carbocycles. The summed E-state index contributed by atoms with van der Waals surface area (Å²) in [6.07, 6.45) is -15.4. The van der Waals surface area contributed by atoms with E-state index in [0.717, 1.165) is 30.3 Å². The molecule has 0 bridgehead atoms. The zero-order chi connectivity index (χ0) is 33.3. The van der Waals surface area contributed by atoms with Crippen LogP contribution in [0.1, 0.15) is 49.3 Å². The lowest BCUT2D eigenvalue weighted by atomic mass is 9.71. The molecule has 0 spiro atoms. The molecular formula is C29H27F9N2O4S. The third kappa shape index (κ3) is 5.07. The van der Waals surface area contributed by atoms with E-state index in [1.54, 1.807) is 6.92 Å². The van der Waals surface area contributed by atoms with Gasteiger partial charge in [-0.2, -0.15) is 26.3 Å². The summed E-state index contributed by atoms with van der Waals surface area (Å²) in [5, 5.41) is 4.90. The number of benzene rings is 2. The number of carbonyl (C=O) groups excluding carboxylic acids is 2. The normalized spacial score (nSPS) is 27.8. The van der Waals surface area contributed by atoms with Gasteiger partial charge in [-0.25, -0.2) is 21.6 Å². The molecular weight excluding hydrogens is 643 g/mol. The highest BCUT2D eigenvalue weighted by atomic mass is 32.2. The molecule has 2 aromatic carbocycles. The van der Waals surface area contributed by atoms with E-state index in [0.29, 0.717) is 12.1 Å². The van der Waals surface area contributed by atoms with Gasteiger partial charge in [0, 0.05) is 18.0 Å². The molecule has 2 N–H and O–H groups in total.